The van der Waals surface area contributed by atoms with E-state index in [-0.39, 0.29) is 27.7 Å². The van der Waals surface area contributed by atoms with Gasteiger partial charge in [0.2, 0.25) is 0 Å². The lowest BCUT2D eigenvalue weighted by Crippen LogP contribution is -2.67. The van der Waals surface area contributed by atoms with Gasteiger partial charge in [0, 0.05) is 18.8 Å². The zero-order valence-electron chi connectivity index (χ0n) is 13.1. The van der Waals surface area contributed by atoms with Crippen LogP contribution in [-0.2, 0) is 9.53 Å². The lowest BCUT2D eigenvalue weighted by molar-refractivity contribution is -0.211. The second kappa shape index (κ2) is 4.58. The molecule has 3 unspecified atom stereocenters. The molecule has 3 nitrogen and oxygen atoms in total. The summed E-state index contributed by atoms with van der Waals surface area (Å²) < 4.78 is 5.52. The average Bonchev–Trinajstić information content (AvgIpc) is 2.77. The zero-order valence-corrected chi connectivity index (χ0v) is 14.7. The van der Waals surface area contributed by atoms with Crippen LogP contribution in [0.4, 0.5) is 0 Å². The molecular weight excluding hydrogens is 332 g/mol. The minimum atomic E-state index is -0.801. The lowest BCUT2D eigenvalue weighted by Gasteiger charge is -2.63. The number of aliphatic hydroxyl groups is 1. The summed E-state index contributed by atoms with van der Waals surface area (Å²) in [6, 6.07) is 0. The maximum atomic E-state index is 11.5. The number of alkyl halides is 1. The molecule has 0 radical (unpaired) electrons. The van der Waals surface area contributed by atoms with E-state index in [0.29, 0.717) is 18.8 Å². The van der Waals surface area contributed by atoms with Gasteiger partial charge in [0.15, 0.2) is 0 Å². The first-order valence-electron chi connectivity index (χ1n) is 7.84. The van der Waals surface area contributed by atoms with Crippen molar-refractivity contribution < 1.29 is 14.6 Å². The molecule has 2 bridgehead atoms. The Morgan fingerprint density at radius 3 is 2.71 bits per heavy atom. The molecule has 1 N–H and O–H groups in total. The Balaban J connectivity index is 2.04. The molecule has 1 spiro atoms. The van der Waals surface area contributed by atoms with Gasteiger partial charge in [0.05, 0.1) is 10.4 Å². The van der Waals surface area contributed by atoms with Crippen LogP contribution in [0.3, 0.4) is 0 Å². The summed E-state index contributed by atoms with van der Waals surface area (Å²) in [5, 5.41) is 11.5. The molecule has 0 heterocycles. The van der Waals surface area contributed by atoms with Crippen LogP contribution in [0.25, 0.3) is 0 Å². The molecule has 3 saturated carbocycles. The summed E-state index contributed by atoms with van der Waals surface area (Å²) in [6.07, 6.45) is 4.07. The molecule has 21 heavy (non-hydrogen) atoms. The quantitative estimate of drug-likeness (QED) is 0.443. The smallest absolute Gasteiger partial charge is 0.302 e. The molecule has 3 rings (SSSR count). The Morgan fingerprint density at radius 1 is 1.43 bits per heavy atom. The van der Waals surface area contributed by atoms with Crippen LogP contribution in [0, 0.1) is 16.7 Å². The minimum Gasteiger partial charge on any atom is -0.461 e. The van der Waals surface area contributed by atoms with Crippen LogP contribution in [0.1, 0.15) is 52.9 Å². The van der Waals surface area contributed by atoms with Gasteiger partial charge in [-0.2, -0.15) is 0 Å². The molecule has 0 saturated heterocycles. The fourth-order valence-electron chi connectivity index (χ4n) is 5.44. The number of rotatable bonds is 1. The number of halogens is 1. The van der Waals surface area contributed by atoms with E-state index in [4.69, 9.17) is 4.74 Å². The molecule has 3 aliphatic rings. The third-order valence-corrected chi connectivity index (χ3v) is 8.34. The van der Waals surface area contributed by atoms with E-state index in [0.717, 1.165) is 19.3 Å². The zero-order chi connectivity index (χ0) is 15.6. The van der Waals surface area contributed by atoms with E-state index in [1.54, 1.807) is 0 Å². The van der Waals surface area contributed by atoms with E-state index in [1.807, 2.05) is 0 Å². The number of hydrogen-bond donors (Lipinski definition) is 1. The van der Waals surface area contributed by atoms with Gasteiger partial charge in [-0.25, -0.2) is 0 Å². The molecule has 0 aromatic rings. The monoisotopic (exact) mass is 356 g/mol. The Hall–Kier alpha value is -0.350. The highest BCUT2D eigenvalue weighted by molar-refractivity contribution is 9.09. The molecule has 0 aliphatic heterocycles. The van der Waals surface area contributed by atoms with E-state index in [1.165, 1.54) is 12.5 Å². The predicted octanol–water partition coefficient (Wildman–Crippen LogP) is 3.59. The maximum Gasteiger partial charge on any atom is 0.302 e. The first-order chi connectivity index (χ1) is 9.63. The summed E-state index contributed by atoms with van der Waals surface area (Å²) >= 11 is 3.79. The third-order valence-electron chi connectivity index (χ3n) is 6.61. The molecule has 0 aromatic heterocycles. The van der Waals surface area contributed by atoms with Crippen LogP contribution < -0.4 is 0 Å². The molecule has 118 valence electrons. The normalized spacial score (nSPS) is 47.9. The molecule has 0 amide bonds. The second-order valence-electron chi connectivity index (χ2n) is 7.86. The van der Waals surface area contributed by atoms with Crippen LogP contribution >= 0.6 is 15.9 Å². The molecule has 5 atom stereocenters. The van der Waals surface area contributed by atoms with Crippen molar-refractivity contribution in [3.05, 3.63) is 12.2 Å². The van der Waals surface area contributed by atoms with Crippen molar-refractivity contribution in [3.8, 4) is 0 Å². The Bertz CT molecular complexity index is 500. The van der Waals surface area contributed by atoms with Gasteiger partial charge in [0.1, 0.15) is 6.10 Å². The van der Waals surface area contributed by atoms with Crippen molar-refractivity contribution in [2.45, 2.75) is 69.4 Å². The molecule has 4 heteroatoms. The van der Waals surface area contributed by atoms with Crippen molar-refractivity contribution in [1.29, 1.82) is 0 Å². The van der Waals surface area contributed by atoms with Crippen molar-refractivity contribution in [1.82, 2.24) is 0 Å². The fourth-order valence-corrected chi connectivity index (χ4v) is 6.17. The van der Waals surface area contributed by atoms with Crippen molar-refractivity contribution >= 4 is 21.9 Å². The fraction of sp³-hybridized carbons (Fsp3) is 0.824. The van der Waals surface area contributed by atoms with Gasteiger partial charge in [0.25, 0.3) is 0 Å². The van der Waals surface area contributed by atoms with Gasteiger partial charge < -0.3 is 9.84 Å². The van der Waals surface area contributed by atoms with E-state index in [9.17, 15) is 9.90 Å². The van der Waals surface area contributed by atoms with Crippen molar-refractivity contribution in [2.75, 3.05) is 0 Å². The number of esters is 1. The topological polar surface area (TPSA) is 46.5 Å². The summed E-state index contributed by atoms with van der Waals surface area (Å²) in [5.41, 5.74) is 0.146. The second-order valence-corrected chi connectivity index (χ2v) is 8.85. The largest absolute Gasteiger partial charge is 0.461 e. The van der Waals surface area contributed by atoms with Gasteiger partial charge in [-0.3, -0.25) is 4.79 Å². The highest BCUT2D eigenvalue weighted by Crippen LogP contribution is 2.70. The van der Waals surface area contributed by atoms with Gasteiger partial charge in [-0.1, -0.05) is 41.9 Å². The molecule has 3 fully saturated rings. The maximum absolute atomic E-state index is 11.5. The Morgan fingerprint density at radius 2 is 2.10 bits per heavy atom. The first kappa shape index (κ1) is 15.5. The van der Waals surface area contributed by atoms with E-state index >= 15 is 0 Å². The summed E-state index contributed by atoms with van der Waals surface area (Å²) in [5.74, 6) is 0.272. The summed E-state index contributed by atoms with van der Waals surface area (Å²) in [4.78, 5) is 11.5. The third kappa shape index (κ3) is 1.91. The van der Waals surface area contributed by atoms with Gasteiger partial charge in [-0.05, 0) is 37.0 Å². The lowest BCUT2D eigenvalue weighted by atomic mass is 9.46. The number of fused-ring (bicyclic) bond motifs is 1. The van der Waals surface area contributed by atoms with E-state index < -0.39 is 5.60 Å². The Kier molecular flexibility index (Phi) is 3.39. The minimum absolute atomic E-state index is 0.0688. The predicted molar refractivity (Wildman–Crippen MR) is 85.1 cm³/mol. The van der Waals surface area contributed by atoms with Gasteiger partial charge in [-0.15, -0.1) is 0 Å². The van der Waals surface area contributed by atoms with Crippen LogP contribution in [0.5, 0.6) is 0 Å². The molecular formula is C17H25BrO3. The van der Waals surface area contributed by atoms with Crippen molar-refractivity contribution in [2.24, 2.45) is 16.7 Å². The highest BCUT2D eigenvalue weighted by atomic mass is 79.9. The average molecular weight is 357 g/mol. The van der Waals surface area contributed by atoms with Crippen LogP contribution in [0.2, 0.25) is 0 Å². The van der Waals surface area contributed by atoms with E-state index in [2.05, 4.69) is 36.4 Å². The number of carbonyl (C=O) groups is 1. The van der Waals surface area contributed by atoms with Crippen LogP contribution in [-0.4, -0.2) is 27.6 Å². The SMILES string of the molecule is C=C1CC2(O)CC(OC(C)=O)C(Br)C(C)(C)[C@@]23CC[C@@H]1C3. The number of carbonyl (C=O) groups excluding carboxylic acids is 1. The summed E-state index contributed by atoms with van der Waals surface area (Å²) in [7, 11) is 0. The number of ether oxygens (including phenoxy) is 1. The number of hydrogen-bond acceptors (Lipinski definition) is 3. The van der Waals surface area contributed by atoms with Crippen molar-refractivity contribution in [3.63, 3.8) is 0 Å². The summed E-state index contributed by atoms with van der Waals surface area (Å²) in [6.45, 7) is 10.1. The first-order valence-corrected chi connectivity index (χ1v) is 8.76. The highest BCUT2D eigenvalue weighted by Gasteiger charge is 2.70. The standard InChI is InChI=1S/C17H25BrO3/c1-10-7-17(20)9-13(21-11(2)19)14(18)15(3,4)16(17)6-5-12(10)8-16/h12-14,20H,1,5-9H2,2-4H3/t12-,13?,14?,16+,17?/m1/s1. The van der Waals surface area contributed by atoms with Crippen LogP contribution in [0.15, 0.2) is 12.2 Å². The Labute approximate surface area is 135 Å². The molecule has 3 aliphatic carbocycles. The molecule has 0 aromatic carbocycles. The van der Waals surface area contributed by atoms with Gasteiger partial charge >= 0.3 is 5.97 Å².